The summed E-state index contributed by atoms with van der Waals surface area (Å²) in [6.07, 6.45) is 4.52. The van der Waals surface area contributed by atoms with E-state index >= 15 is 0 Å². The lowest BCUT2D eigenvalue weighted by atomic mass is 10.0. The van der Waals surface area contributed by atoms with E-state index in [0.717, 1.165) is 47.0 Å². The predicted octanol–water partition coefficient (Wildman–Crippen LogP) is 2.61. The van der Waals surface area contributed by atoms with Crippen molar-refractivity contribution in [2.45, 2.75) is 33.4 Å². The van der Waals surface area contributed by atoms with Gasteiger partial charge in [0.25, 0.3) is 5.56 Å². The van der Waals surface area contributed by atoms with E-state index in [4.69, 9.17) is 0 Å². The van der Waals surface area contributed by atoms with Crippen molar-refractivity contribution in [1.82, 2.24) is 24.0 Å². The van der Waals surface area contributed by atoms with Gasteiger partial charge in [0.1, 0.15) is 34.7 Å². The van der Waals surface area contributed by atoms with Crippen LogP contribution in [0.4, 0.5) is 5.82 Å². The van der Waals surface area contributed by atoms with Gasteiger partial charge in [0.2, 0.25) is 0 Å². The molecule has 10 nitrogen and oxygen atoms in total. The highest BCUT2D eigenvalue weighted by Crippen LogP contribution is 2.31. The Morgan fingerprint density at radius 1 is 1.08 bits per heavy atom. The first-order valence-electron chi connectivity index (χ1n) is 13.0. The minimum Gasteiger partial charge on any atom is -0.356 e. The molecule has 1 aromatic carbocycles. The summed E-state index contributed by atoms with van der Waals surface area (Å²) >= 11 is 0. The standard InChI is InChI=1S/C29H30N8O2/c1-19(2)9-13-36-26-25(22(15-30)27(36)35-12-6-10-32-11-14-35)34(3)29(39)37(28(26)38)18-23-21-8-5-4-7-20(21)17-33-24(23)16-31/h4-5,7-9,17,32H,6,10-14,18H2,1-3H3. The Morgan fingerprint density at radius 3 is 2.62 bits per heavy atom. The summed E-state index contributed by atoms with van der Waals surface area (Å²) in [4.78, 5) is 34.3. The Hall–Kier alpha value is -4.67. The number of anilines is 1. The smallest absolute Gasteiger partial charge is 0.331 e. The summed E-state index contributed by atoms with van der Waals surface area (Å²) in [5.41, 5.74) is 1.65. The monoisotopic (exact) mass is 522 g/mol. The fourth-order valence-electron chi connectivity index (χ4n) is 5.35. The van der Waals surface area contributed by atoms with Crippen LogP contribution >= 0.6 is 0 Å². The average molecular weight is 523 g/mol. The lowest BCUT2D eigenvalue weighted by Crippen LogP contribution is -2.40. The van der Waals surface area contributed by atoms with Crippen LogP contribution in [0.15, 0.2) is 51.7 Å². The Morgan fingerprint density at radius 2 is 1.87 bits per heavy atom. The van der Waals surface area contributed by atoms with Crippen molar-refractivity contribution in [3.63, 3.8) is 0 Å². The molecule has 39 heavy (non-hydrogen) atoms. The first-order valence-corrected chi connectivity index (χ1v) is 13.0. The maximum atomic E-state index is 14.2. The van der Waals surface area contributed by atoms with E-state index in [9.17, 15) is 20.1 Å². The molecule has 1 N–H and O–H groups in total. The molecule has 1 saturated heterocycles. The molecule has 0 radical (unpaired) electrons. The first kappa shape index (κ1) is 26.0. The van der Waals surface area contributed by atoms with Crippen LogP contribution < -0.4 is 21.5 Å². The van der Waals surface area contributed by atoms with Gasteiger partial charge in [0, 0.05) is 50.4 Å². The quantitative estimate of drug-likeness (QED) is 0.400. The lowest BCUT2D eigenvalue weighted by Gasteiger charge is -2.24. The predicted molar refractivity (Wildman–Crippen MR) is 151 cm³/mol. The number of allylic oxidation sites excluding steroid dienone is 2. The topological polar surface area (TPSA) is 125 Å². The zero-order valence-electron chi connectivity index (χ0n) is 22.4. The molecule has 198 valence electrons. The van der Waals surface area contributed by atoms with Crippen molar-refractivity contribution in [2.75, 3.05) is 31.1 Å². The van der Waals surface area contributed by atoms with Gasteiger partial charge in [-0.3, -0.25) is 13.9 Å². The molecule has 4 heterocycles. The van der Waals surface area contributed by atoms with Crippen molar-refractivity contribution in [3.05, 3.63) is 79.8 Å². The van der Waals surface area contributed by atoms with Gasteiger partial charge in [0.05, 0.1) is 12.1 Å². The number of nitriles is 2. The summed E-state index contributed by atoms with van der Waals surface area (Å²) in [5.74, 6) is 0.656. The molecule has 0 unspecified atom stereocenters. The molecule has 0 amide bonds. The molecular weight excluding hydrogens is 492 g/mol. The van der Waals surface area contributed by atoms with Crippen LogP contribution in [0.25, 0.3) is 21.8 Å². The van der Waals surface area contributed by atoms with Gasteiger partial charge in [-0.2, -0.15) is 10.5 Å². The van der Waals surface area contributed by atoms with E-state index in [1.165, 1.54) is 4.57 Å². The van der Waals surface area contributed by atoms with Crippen molar-refractivity contribution < 1.29 is 0 Å². The van der Waals surface area contributed by atoms with Crippen LogP contribution in [0.2, 0.25) is 0 Å². The fourth-order valence-corrected chi connectivity index (χ4v) is 5.35. The van der Waals surface area contributed by atoms with E-state index in [2.05, 4.69) is 27.3 Å². The molecule has 0 bridgehead atoms. The number of hydrogen-bond donors (Lipinski definition) is 1. The van der Waals surface area contributed by atoms with E-state index < -0.39 is 11.2 Å². The zero-order chi connectivity index (χ0) is 27.7. The summed E-state index contributed by atoms with van der Waals surface area (Å²) in [6, 6.07) is 11.9. The van der Waals surface area contributed by atoms with Gasteiger partial charge in [0.15, 0.2) is 0 Å². The van der Waals surface area contributed by atoms with Crippen molar-refractivity contribution in [3.8, 4) is 12.1 Å². The average Bonchev–Trinajstić information content (AvgIpc) is 3.06. The lowest BCUT2D eigenvalue weighted by molar-refractivity contribution is 0.654. The number of pyridine rings is 1. The summed E-state index contributed by atoms with van der Waals surface area (Å²) in [6.45, 7) is 7.26. The van der Waals surface area contributed by atoms with Gasteiger partial charge in [-0.15, -0.1) is 0 Å². The summed E-state index contributed by atoms with van der Waals surface area (Å²) < 4.78 is 4.41. The maximum Gasteiger partial charge on any atom is 0.331 e. The Kier molecular flexibility index (Phi) is 7.05. The number of fused-ring (bicyclic) bond motifs is 2. The van der Waals surface area contributed by atoms with Crippen LogP contribution in [-0.4, -0.2) is 44.9 Å². The highest BCUT2D eigenvalue weighted by Gasteiger charge is 2.28. The first-order chi connectivity index (χ1) is 18.9. The summed E-state index contributed by atoms with van der Waals surface area (Å²) in [7, 11) is 1.59. The minimum atomic E-state index is -0.552. The highest BCUT2D eigenvalue weighted by atomic mass is 16.2. The maximum absolute atomic E-state index is 14.2. The van der Waals surface area contributed by atoms with E-state index in [1.54, 1.807) is 13.2 Å². The highest BCUT2D eigenvalue weighted by molar-refractivity contribution is 5.90. The van der Waals surface area contributed by atoms with Crippen molar-refractivity contribution in [1.29, 1.82) is 10.5 Å². The Balaban J connectivity index is 1.83. The number of nitrogens with zero attached hydrogens (tertiary/aromatic N) is 7. The molecule has 3 aromatic heterocycles. The molecule has 4 aromatic rings. The minimum absolute atomic E-state index is 0.114. The van der Waals surface area contributed by atoms with Crippen molar-refractivity contribution >= 4 is 27.6 Å². The second-order valence-electron chi connectivity index (χ2n) is 10.0. The third-order valence-corrected chi connectivity index (χ3v) is 7.27. The van der Waals surface area contributed by atoms with Crippen LogP contribution in [0.3, 0.4) is 0 Å². The number of aryl methyl sites for hydroxylation is 1. The van der Waals surface area contributed by atoms with E-state index in [-0.39, 0.29) is 12.2 Å². The zero-order valence-corrected chi connectivity index (χ0v) is 22.4. The molecular formula is C29H30N8O2. The molecule has 10 heteroatoms. The summed E-state index contributed by atoms with van der Waals surface area (Å²) in [5, 5.41) is 25.1. The second-order valence-corrected chi connectivity index (χ2v) is 10.0. The van der Waals surface area contributed by atoms with Crippen molar-refractivity contribution in [2.24, 2.45) is 7.05 Å². The normalized spacial score (nSPS) is 13.7. The van der Waals surface area contributed by atoms with E-state index in [1.807, 2.05) is 48.8 Å². The molecule has 1 aliphatic rings. The van der Waals surface area contributed by atoms with Gasteiger partial charge in [-0.1, -0.05) is 35.9 Å². The molecule has 5 rings (SSSR count). The van der Waals surface area contributed by atoms with Gasteiger partial charge >= 0.3 is 5.69 Å². The number of benzene rings is 1. The van der Waals surface area contributed by atoms with Crippen LogP contribution in [0.1, 0.15) is 37.1 Å². The Labute approximate surface area is 225 Å². The van der Waals surface area contributed by atoms with Crippen LogP contribution in [-0.2, 0) is 20.1 Å². The number of nitrogens with one attached hydrogen (secondary N) is 1. The van der Waals surface area contributed by atoms with Crippen LogP contribution in [0.5, 0.6) is 0 Å². The second kappa shape index (κ2) is 10.6. The molecule has 1 aliphatic heterocycles. The van der Waals surface area contributed by atoms with Gasteiger partial charge < -0.3 is 14.8 Å². The largest absolute Gasteiger partial charge is 0.356 e. The molecule has 1 fully saturated rings. The Bertz CT molecular complexity index is 1820. The van der Waals surface area contributed by atoms with Gasteiger partial charge in [-0.25, -0.2) is 9.78 Å². The number of aromatic nitrogens is 4. The SMILES string of the molecule is CC(C)=CCn1c(N2CCCNCC2)c(C#N)c2c1c(=O)n(Cc1c(C#N)ncc3ccccc13)c(=O)n2C. The molecule has 0 spiro atoms. The molecule has 0 aliphatic carbocycles. The number of rotatable bonds is 5. The van der Waals surface area contributed by atoms with Gasteiger partial charge in [-0.05, 0) is 32.2 Å². The molecule has 0 saturated carbocycles. The van der Waals surface area contributed by atoms with E-state index in [0.29, 0.717) is 41.1 Å². The third-order valence-electron chi connectivity index (χ3n) is 7.27. The number of hydrogen-bond acceptors (Lipinski definition) is 7. The fraction of sp³-hybridized carbons (Fsp3) is 0.345. The third kappa shape index (κ3) is 4.49. The van der Waals surface area contributed by atoms with Crippen LogP contribution in [0, 0.1) is 22.7 Å². The molecule has 0 atom stereocenters.